The van der Waals surface area contributed by atoms with Crippen LogP contribution in [0.2, 0.25) is 0 Å². The lowest BCUT2D eigenvalue weighted by molar-refractivity contribution is -0.385. The van der Waals surface area contributed by atoms with Gasteiger partial charge in [0.15, 0.2) is 26.6 Å². The summed E-state index contributed by atoms with van der Waals surface area (Å²) in [6.45, 7) is 24.2. The number of amides is 2. The Morgan fingerprint density at radius 3 is 0.975 bits per heavy atom. The van der Waals surface area contributed by atoms with Crippen molar-refractivity contribution in [3.8, 4) is 80.5 Å². The SMILES string of the molecule is CC(C)c1cc(Oc2c(I)cc(NC(=O)C(=O)O)cc2I)ccc1O.COC(=O)C(=O)Nc1cc(I)c(Oc2ccc(OC)c(C(C)C)c2)c(I)c1.COc1ccc(Oc2c(I)cc(N)cc2I)cc1C(C)C.COc1ccc(Oc2c(I)cc([N+](=O)[O-])cc2I)cc1C(C)C.COc1ccc([IH+])cc1C(C)C.Cc1cc([N+](=O)[O-])cc(C)c1O. The number of carboxylic acids is 1. The molecule has 25 nitrogen and oxygen atoms in total. The van der Waals surface area contributed by atoms with Crippen LogP contribution in [0.15, 0.2) is 152 Å². The van der Waals surface area contributed by atoms with E-state index in [1.54, 1.807) is 84.8 Å². The molecule has 0 unspecified atom stereocenters. The average molecular weight is 2650 g/mol. The Morgan fingerprint density at radius 1 is 0.400 bits per heavy atom. The lowest BCUT2D eigenvalue weighted by atomic mass is 10.0. The third-order valence-electron chi connectivity index (χ3n) is 16.8. The number of esters is 1. The monoisotopic (exact) mass is 2650 g/mol. The van der Waals surface area contributed by atoms with E-state index < -0.39 is 33.6 Å². The van der Waals surface area contributed by atoms with E-state index in [9.17, 15) is 49.6 Å². The molecule has 120 heavy (non-hydrogen) atoms. The quantitative estimate of drug-likeness (QED) is 0.00972. The number of nitro benzene ring substituents is 2. The molecule has 0 spiro atoms. The van der Waals surface area contributed by atoms with Gasteiger partial charge in [-0.1, -0.05) is 69.2 Å². The summed E-state index contributed by atoms with van der Waals surface area (Å²) in [5.41, 5.74) is 13.9. The smallest absolute Gasteiger partial charge is 0.396 e. The standard InChI is InChI=1S/C19H19I2NO5.C17H15I2NO5.C16H15I2NO4.C16H17I2NO2.C10H14IO.C8H9NO3/c1-10(2)13-9-12(5-6-16(13)25-3)27-17-14(20)7-11(8-15(17)21)22-18(23)19(24)26-4;1-8(2)11-7-10(3-4-14(11)21)25-15-12(18)5-9(6-13(15)19)20-16(22)17(23)24;1-9(2)12-8-11(4-5-15(12)22-3)23-16-13(17)6-10(19(20)21)7-14(16)18;1-9(2)12-8-11(4-5-15(12)20-3)21-16-13(17)6-10(19)7-14(16)18;1-7(2)9-6-8(11)4-5-10(9)12-3;1-5-3-7(9(11)12)4-6(2)8(5)10/h5-10H,1-4H3,(H,22,23);3-8,21H,1-2H3,(H,20,22)(H,23,24);4-9H,1-3H3;4-9H,19H2,1-3H3;4-7,11H,1-3H3;3-4,10H,1-2H3/q;;;;+1;. The maximum absolute atomic E-state index is 11.7. The van der Waals surface area contributed by atoms with E-state index in [1.807, 2.05) is 154 Å². The number of phenolic OH excluding ortho intramolecular Hbond substituents is 2. The van der Waals surface area contributed by atoms with Gasteiger partial charge in [-0.25, -0.2) is 9.59 Å². The predicted molar refractivity (Wildman–Crippen MR) is 531 cm³/mol. The number of aromatic hydroxyl groups is 2. The predicted octanol–water partition coefficient (Wildman–Crippen LogP) is 21.8. The van der Waals surface area contributed by atoms with E-state index in [1.165, 1.54) is 33.4 Å². The highest BCUT2D eigenvalue weighted by molar-refractivity contribution is 14.1. The summed E-state index contributed by atoms with van der Waals surface area (Å²) in [4.78, 5) is 65.2. The highest BCUT2D eigenvalue weighted by Gasteiger charge is 2.23. The van der Waals surface area contributed by atoms with Crippen LogP contribution in [0.1, 0.15) is 138 Å². The number of hydrogen-bond donors (Lipinski definition) is 6. The van der Waals surface area contributed by atoms with Crippen LogP contribution in [-0.4, -0.2) is 84.5 Å². The number of carbonyl (C=O) groups excluding carboxylic acids is 3. The van der Waals surface area contributed by atoms with Crippen molar-refractivity contribution in [1.82, 2.24) is 0 Å². The van der Waals surface area contributed by atoms with Crippen molar-refractivity contribution in [3.63, 3.8) is 0 Å². The van der Waals surface area contributed by atoms with Crippen molar-refractivity contribution in [2.24, 2.45) is 0 Å². The Hall–Kier alpha value is -6.75. The van der Waals surface area contributed by atoms with Gasteiger partial charge < -0.3 is 74.3 Å². The Bertz CT molecular complexity index is 5230. The lowest BCUT2D eigenvalue weighted by Crippen LogP contribution is -3.34. The van der Waals surface area contributed by atoms with Crippen LogP contribution in [0, 0.1) is 66.2 Å². The molecule has 0 saturated carbocycles. The van der Waals surface area contributed by atoms with Crippen LogP contribution in [0.25, 0.3) is 0 Å². The number of ether oxygens (including phenoxy) is 9. The highest BCUT2D eigenvalue weighted by Crippen LogP contribution is 2.43. The van der Waals surface area contributed by atoms with Crippen LogP contribution >= 0.6 is 181 Å². The van der Waals surface area contributed by atoms with Crippen LogP contribution in [0.5, 0.6) is 80.5 Å². The largest absolute Gasteiger partial charge is 0.508 e. The molecule has 0 aliphatic rings. The summed E-state index contributed by atoms with van der Waals surface area (Å²) < 4.78 is 57.6. The lowest BCUT2D eigenvalue weighted by Gasteiger charge is -2.16. The van der Waals surface area contributed by atoms with Gasteiger partial charge in [-0.15, -0.1) is 0 Å². The number of rotatable bonds is 21. The van der Waals surface area contributed by atoms with Gasteiger partial charge in [-0.3, -0.25) is 29.8 Å². The second kappa shape index (κ2) is 49.7. The van der Waals surface area contributed by atoms with Gasteiger partial charge in [-0.2, -0.15) is 0 Å². The van der Waals surface area contributed by atoms with Crippen molar-refractivity contribution < 1.29 is 110 Å². The molecule has 0 aliphatic carbocycles. The van der Waals surface area contributed by atoms with Crippen LogP contribution < -0.4 is 76.9 Å². The number of nitrogens with zero attached hydrogens (tertiary/aromatic N) is 2. The summed E-state index contributed by atoms with van der Waals surface area (Å²) in [6.07, 6.45) is 0. The van der Waals surface area contributed by atoms with E-state index in [4.69, 9.17) is 48.7 Å². The van der Waals surface area contributed by atoms with Crippen molar-refractivity contribution in [2.75, 3.05) is 51.9 Å². The van der Waals surface area contributed by atoms with Crippen LogP contribution in [-0.2, 0) is 23.9 Å². The van der Waals surface area contributed by atoms with E-state index in [0.717, 1.165) is 83.8 Å². The summed E-state index contributed by atoms with van der Waals surface area (Å²) in [6, 6.07) is 44.8. The topological polar surface area (TPSA) is 348 Å². The third kappa shape index (κ3) is 31.2. The second-order valence-electron chi connectivity index (χ2n) is 27.3. The molecule has 34 heteroatoms. The molecule has 0 aliphatic heterocycles. The molecule has 0 aromatic heterocycles. The number of halogens is 9. The Balaban J connectivity index is 0.000000262. The molecular weight excluding hydrogens is 2570 g/mol. The van der Waals surface area contributed by atoms with E-state index in [0.29, 0.717) is 89.0 Å². The van der Waals surface area contributed by atoms with Crippen molar-refractivity contribution >= 4 is 233 Å². The first-order chi connectivity index (χ1) is 56.4. The summed E-state index contributed by atoms with van der Waals surface area (Å²) in [5.74, 6) is 6.58. The molecule has 2 amide bonds. The number of nitrogens with two attached hydrogens (primary N) is 1. The molecule has 10 rings (SSSR count). The second-order valence-corrected chi connectivity index (χ2v) is 37.9. The molecule has 10 aromatic rings. The van der Waals surface area contributed by atoms with Gasteiger partial charge in [0.1, 0.15) is 57.5 Å². The average Bonchev–Trinajstić information content (AvgIpc) is 0.826. The van der Waals surface area contributed by atoms with Gasteiger partial charge in [0.05, 0.1) is 74.0 Å². The van der Waals surface area contributed by atoms with E-state index in [-0.39, 0.29) is 34.7 Å². The zero-order chi connectivity index (χ0) is 90.0. The summed E-state index contributed by atoms with van der Waals surface area (Å²) in [5, 5.41) is 53.9. The van der Waals surface area contributed by atoms with Crippen molar-refractivity contribution in [3.05, 3.63) is 243 Å². The number of carboxylic acid groups (broad SMARTS) is 1. The number of aliphatic carboxylic acids is 1. The number of hydrogen-bond acceptors (Lipinski definition) is 20. The molecule has 0 heterocycles. The van der Waals surface area contributed by atoms with Crippen molar-refractivity contribution in [2.45, 2.75) is 113 Å². The van der Waals surface area contributed by atoms with Gasteiger partial charge in [0.25, 0.3) is 34.0 Å². The molecule has 0 fully saturated rings. The molecule has 0 bridgehead atoms. The number of benzene rings is 10. The number of anilines is 3. The minimum atomic E-state index is -1.55. The first kappa shape index (κ1) is 104. The van der Waals surface area contributed by atoms with Gasteiger partial charge in [0.2, 0.25) is 0 Å². The molecule has 640 valence electrons. The normalized spacial score (nSPS) is 10.5. The fourth-order valence-electron chi connectivity index (χ4n) is 10.8. The first-order valence-corrected chi connectivity index (χ1v) is 45.8. The third-order valence-corrected chi connectivity index (χ3v) is 23.9. The van der Waals surface area contributed by atoms with E-state index in [2.05, 4.69) is 218 Å². The Kier molecular flexibility index (Phi) is 43.0. The number of methoxy groups -OCH3 is 5. The highest BCUT2D eigenvalue weighted by atomic mass is 127. The fourth-order valence-corrected chi connectivity index (χ4v) is 19.3. The minimum absolute atomic E-state index is 0.0165. The number of nitrogen functional groups attached to an aromatic ring is 1. The zero-order valence-electron chi connectivity index (χ0n) is 68.0. The molecule has 0 atom stereocenters. The van der Waals surface area contributed by atoms with Crippen LogP contribution in [0.3, 0.4) is 0 Å². The number of carbonyl (C=O) groups is 4. The number of nitrogens with one attached hydrogen (secondary N) is 2. The Morgan fingerprint density at radius 2 is 0.675 bits per heavy atom. The van der Waals surface area contributed by atoms with Crippen molar-refractivity contribution in [1.29, 1.82) is 0 Å². The molecule has 0 radical (unpaired) electrons. The molecule has 0 saturated heterocycles. The summed E-state index contributed by atoms with van der Waals surface area (Å²) in [7, 11) is 7.86. The minimum Gasteiger partial charge on any atom is -0.508 e. The first-order valence-electron chi connectivity index (χ1n) is 36.0. The van der Waals surface area contributed by atoms with E-state index >= 15 is 0 Å². The van der Waals surface area contributed by atoms with Gasteiger partial charge in [-0.05, 0) is 363 Å². The molecule has 7 N–H and O–H groups in total. The van der Waals surface area contributed by atoms with Crippen LogP contribution in [0.4, 0.5) is 28.4 Å². The number of non-ortho nitro benzene ring substituents is 2. The summed E-state index contributed by atoms with van der Waals surface area (Å²) >= 11 is 19.0. The maximum atomic E-state index is 11.7. The Labute approximate surface area is 820 Å². The maximum Gasteiger partial charge on any atom is 0.396 e. The number of phenols is 2. The number of nitro groups is 2. The molecule has 10 aromatic carbocycles. The zero-order valence-corrected chi connectivity index (χ0v) is 87.6. The van der Waals surface area contributed by atoms with Gasteiger partial charge in [0, 0.05) is 69.1 Å². The van der Waals surface area contributed by atoms with Gasteiger partial charge >= 0.3 is 23.8 Å². The fraction of sp³-hybridized carbons (Fsp3) is 0.256. The molecular formula is C86H89I9N5O20+. The number of aryl methyl sites for hydroxylation is 2.